The summed E-state index contributed by atoms with van der Waals surface area (Å²) in [5, 5.41) is 3.62. The van der Waals surface area contributed by atoms with E-state index in [9.17, 15) is 0 Å². The molecule has 0 radical (unpaired) electrons. The Hall–Kier alpha value is -0.410. The topological polar surface area (TPSA) is 25.2 Å². The molecule has 1 aromatic heterocycles. The van der Waals surface area contributed by atoms with Crippen LogP contribution in [0.2, 0.25) is 0 Å². The molecule has 3 heteroatoms. The third-order valence-corrected chi connectivity index (χ3v) is 4.16. The molecular formula is C11H17NOS. The van der Waals surface area contributed by atoms with E-state index >= 15 is 0 Å². The van der Waals surface area contributed by atoms with Crippen LogP contribution in [0.1, 0.15) is 25.6 Å². The van der Waals surface area contributed by atoms with Crippen LogP contribution in [0.4, 0.5) is 0 Å². The van der Waals surface area contributed by atoms with E-state index in [4.69, 9.17) is 4.42 Å². The van der Waals surface area contributed by atoms with Gasteiger partial charge in [-0.2, -0.15) is 11.8 Å². The van der Waals surface area contributed by atoms with Gasteiger partial charge in [-0.15, -0.1) is 0 Å². The smallest absolute Gasteiger partial charge is 0.120 e. The van der Waals surface area contributed by atoms with Gasteiger partial charge in [-0.05, 0) is 30.7 Å². The summed E-state index contributed by atoms with van der Waals surface area (Å²) in [6.07, 6.45) is 1.74. The van der Waals surface area contributed by atoms with Gasteiger partial charge in [0.2, 0.25) is 0 Å². The van der Waals surface area contributed by atoms with Crippen LogP contribution in [-0.2, 0) is 0 Å². The molecule has 0 saturated carbocycles. The number of thioether (sulfide) groups is 1. The number of nitrogens with one attached hydrogen (secondary N) is 1. The highest BCUT2D eigenvalue weighted by Gasteiger charge is 2.25. The van der Waals surface area contributed by atoms with Gasteiger partial charge in [0.05, 0.1) is 12.3 Å². The molecular weight excluding hydrogens is 194 g/mol. The fourth-order valence-corrected chi connectivity index (χ4v) is 3.23. The lowest BCUT2D eigenvalue weighted by molar-refractivity contribution is 0.365. The summed E-state index contributed by atoms with van der Waals surface area (Å²) in [5.41, 5.74) is 0. The van der Waals surface area contributed by atoms with Crippen molar-refractivity contribution in [1.29, 1.82) is 0 Å². The van der Waals surface area contributed by atoms with Crippen molar-refractivity contribution >= 4 is 11.8 Å². The molecule has 14 heavy (non-hydrogen) atoms. The molecule has 2 nitrogen and oxygen atoms in total. The zero-order chi connectivity index (χ0) is 9.97. The van der Waals surface area contributed by atoms with Gasteiger partial charge in [-0.1, -0.05) is 6.92 Å². The van der Waals surface area contributed by atoms with Gasteiger partial charge in [-0.3, -0.25) is 0 Å². The molecule has 3 atom stereocenters. The minimum absolute atomic E-state index is 0.330. The van der Waals surface area contributed by atoms with Crippen LogP contribution >= 0.6 is 11.8 Å². The second kappa shape index (κ2) is 4.41. The van der Waals surface area contributed by atoms with Crippen LogP contribution in [0.3, 0.4) is 0 Å². The average Bonchev–Trinajstić information content (AvgIpc) is 2.77. The first-order valence-corrected chi connectivity index (χ1v) is 6.30. The van der Waals surface area contributed by atoms with Crippen LogP contribution in [0.5, 0.6) is 0 Å². The molecule has 78 valence electrons. The molecule has 1 aliphatic heterocycles. The summed E-state index contributed by atoms with van der Waals surface area (Å²) in [7, 11) is 0. The Morgan fingerprint density at radius 2 is 2.43 bits per heavy atom. The largest absolute Gasteiger partial charge is 0.468 e. The lowest BCUT2D eigenvalue weighted by Crippen LogP contribution is -2.35. The number of hydrogen-bond acceptors (Lipinski definition) is 3. The van der Waals surface area contributed by atoms with Crippen molar-refractivity contribution in [3.05, 3.63) is 24.2 Å². The van der Waals surface area contributed by atoms with Crippen molar-refractivity contribution in [2.45, 2.75) is 25.9 Å². The molecule has 1 aromatic rings. The van der Waals surface area contributed by atoms with E-state index in [1.165, 1.54) is 11.5 Å². The van der Waals surface area contributed by atoms with Crippen LogP contribution in [0.15, 0.2) is 22.8 Å². The first kappa shape index (κ1) is 10.1. The predicted octanol–water partition coefficient (Wildman–Crippen LogP) is 2.68. The SMILES string of the molecule is CC1CSCC1N[C@@H](C)c1ccco1. The van der Waals surface area contributed by atoms with Gasteiger partial charge in [0.25, 0.3) is 0 Å². The molecule has 1 N–H and O–H groups in total. The highest BCUT2D eigenvalue weighted by Crippen LogP contribution is 2.26. The summed E-state index contributed by atoms with van der Waals surface area (Å²) >= 11 is 2.04. The molecule has 2 unspecified atom stereocenters. The Kier molecular flexibility index (Phi) is 3.19. The van der Waals surface area contributed by atoms with E-state index in [0.717, 1.165) is 11.7 Å². The third kappa shape index (κ3) is 2.15. The van der Waals surface area contributed by atoms with Crippen molar-refractivity contribution in [3.8, 4) is 0 Å². The van der Waals surface area contributed by atoms with Crippen molar-refractivity contribution in [1.82, 2.24) is 5.32 Å². The fraction of sp³-hybridized carbons (Fsp3) is 0.636. The first-order valence-electron chi connectivity index (χ1n) is 5.14. The van der Waals surface area contributed by atoms with Crippen molar-refractivity contribution in [2.75, 3.05) is 11.5 Å². The molecule has 0 aliphatic carbocycles. The average molecular weight is 211 g/mol. The lowest BCUT2D eigenvalue weighted by atomic mass is 10.1. The molecule has 2 rings (SSSR count). The Bertz CT molecular complexity index is 273. The van der Waals surface area contributed by atoms with Crippen LogP contribution < -0.4 is 5.32 Å². The minimum Gasteiger partial charge on any atom is -0.468 e. The second-order valence-corrected chi connectivity index (χ2v) is 5.10. The summed E-state index contributed by atoms with van der Waals surface area (Å²) < 4.78 is 5.37. The third-order valence-electron chi connectivity index (χ3n) is 2.80. The molecule has 0 bridgehead atoms. The first-order chi connectivity index (χ1) is 6.77. The highest BCUT2D eigenvalue weighted by molar-refractivity contribution is 7.99. The van der Waals surface area contributed by atoms with E-state index in [0.29, 0.717) is 12.1 Å². The molecule has 0 amide bonds. The van der Waals surface area contributed by atoms with Crippen molar-refractivity contribution < 1.29 is 4.42 Å². The van der Waals surface area contributed by atoms with Gasteiger partial charge in [0, 0.05) is 11.8 Å². The summed E-state index contributed by atoms with van der Waals surface area (Å²) in [6, 6.07) is 4.95. The van der Waals surface area contributed by atoms with Gasteiger partial charge in [-0.25, -0.2) is 0 Å². The Morgan fingerprint density at radius 1 is 1.57 bits per heavy atom. The van der Waals surface area contributed by atoms with Crippen molar-refractivity contribution in [2.24, 2.45) is 5.92 Å². The maximum Gasteiger partial charge on any atom is 0.120 e. The number of hydrogen-bond donors (Lipinski definition) is 1. The molecule has 2 heterocycles. The summed E-state index contributed by atoms with van der Waals surface area (Å²) in [6.45, 7) is 4.47. The Labute approximate surface area is 89.4 Å². The van der Waals surface area contributed by atoms with Gasteiger partial charge < -0.3 is 9.73 Å². The summed E-state index contributed by atoms with van der Waals surface area (Å²) in [5.74, 6) is 4.32. The van der Waals surface area contributed by atoms with E-state index in [-0.39, 0.29) is 0 Å². The maximum absolute atomic E-state index is 5.37. The molecule has 1 aliphatic rings. The van der Waals surface area contributed by atoms with E-state index in [2.05, 4.69) is 19.2 Å². The minimum atomic E-state index is 0.330. The van der Waals surface area contributed by atoms with E-state index < -0.39 is 0 Å². The standard InChI is InChI=1S/C11H17NOS/c1-8-6-14-7-10(8)12-9(2)11-4-3-5-13-11/h3-5,8-10,12H,6-7H2,1-2H3/t8?,9-,10?/m0/s1. The second-order valence-electron chi connectivity index (χ2n) is 4.03. The normalized spacial score (nSPS) is 29.3. The van der Waals surface area contributed by atoms with Gasteiger partial charge in [0.1, 0.15) is 5.76 Å². The molecule has 1 saturated heterocycles. The van der Waals surface area contributed by atoms with Gasteiger partial charge in [0.15, 0.2) is 0 Å². The van der Waals surface area contributed by atoms with E-state index in [1.54, 1.807) is 6.26 Å². The number of furan rings is 1. The van der Waals surface area contributed by atoms with Gasteiger partial charge >= 0.3 is 0 Å². The highest BCUT2D eigenvalue weighted by atomic mass is 32.2. The van der Waals surface area contributed by atoms with Crippen LogP contribution in [-0.4, -0.2) is 17.5 Å². The predicted molar refractivity (Wildman–Crippen MR) is 60.5 cm³/mol. The van der Waals surface area contributed by atoms with E-state index in [1.807, 2.05) is 23.9 Å². The Morgan fingerprint density at radius 3 is 3.00 bits per heavy atom. The fourth-order valence-electron chi connectivity index (χ4n) is 1.81. The van der Waals surface area contributed by atoms with Crippen LogP contribution in [0, 0.1) is 5.92 Å². The molecule has 0 spiro atoms. The molecule has 0 aromatic carbocycles. The zero-order valence-corrected chi connectivity index (χ0v) is 9.51. The quantitative estimate of drug-likeness (QED) is 0.832. The number of rotatable bonds is 3. The summed E-state index contributed by atoms with van der Waals surface area (Å²) in [4.78, 5) is 0. The van der Waals surface area contributed by atoms with Crippen molar-refractivity contribution in [3.63, 3.8) is 0 Å². The lowest BCUT2D eigenvalue weighted by Gasteiger charge is -2.20. The monoisotopic (exact) mass is 211 g/mol. The molecule has 1 fully saturated rings. The van der Waals surface area contributed by atoms with Crippen LogP contribution in [0.25, 0.3) is 0 Å². The zero-order valence-electron chi connectivity index (χ0n) is 8.69. The maximum atomic E-state index is 5.37. The Balaban J connectivity index is 1.91.